The molecule has 1 aromatic rings. The molecule has 0 N–H and O–H groups in total. The zero-order valence-corrected chi connectivity index (χ0v) is 15.3. The van der Waals surface area contributed by atoms with Gasteiger partial charge in [-0.3, -0.25) is 0 Å². The van der Waals surface area contributed by atoms with E-state index in [2.05, 4.69) is 18.8 Å². The molecule has 0 fully saturated rings. The third-order valence-electron chi connectivity index (χ3n) is 2.98. The summed E-state index contributed by atoms with van der Waals surface area (Å²) in [7, 11) is 0. The summed E-state index contributed by atoms with van der Waals surface area (Å²) in [5, 5.41) is 0. The van der Waals surface area contributed by atoms with Crippen LogP contribution in [0.5, 0.6) is 5.75 Å². The Bertz CT molecular complexity index is 526. The molecule has 1 aromatic carbocycles. The van der Waals surface area contributed by atoms with Crippen molar-refractivity contribution >= 4 is 31.4 Å². The topological polar surface area (TPSA) is 47.9 Å². The van der Waals surface area contributed by atoms with Crippen molar-refractivity contribution in [3.05, 3.63) is 29.8 Å². The normalized spacial score (nSPS) is 21.2. The summed E-state index contributed by atoms with van der Waals surface area (Å²) >= 11 is -3.33. The van der Waals surface area contributed by atoms with Gasteiger partial charge in [0.15, 0.2) is 0 Å². The van der Waals surface area contributed by atoms with Crippen LogP contribution in [0, 0.1) is 5.92 Å². The average molecular weight is 382 g/mol. The van der Waals surface area contributed by atoms with E-state index in [-0.39, 0.29) is 5.97 Å². The molecule has 0 aromatic heterocycles. The van der Waals surface area contributed by atoms with Crippen molar-refractivity contribution in [3.8, 4) is 5.75 Å². The number of benzene rings is 1. The molecule has 108 valence electrons. The molecular formula is C15H21NO3Sn. The van der Waals surface area contributed by atoms with Gasteiger partial charge >= 0.3 is 125 Å². The summed E-state index contributed by atoms with van der Waals surface area (Å²) in [6.07, 6.45) is 2.43. The maximum atomic E-state index is 12.3. The minimum atomic E-state index is -3.33. The van der Waals surface area contributed by atoms with Gasteiger partial charge in [-0.25, -0.2) is 0 Å². The first-order chi connectivity index (χ1) is 9.37. The van der Waals surface area contributed by atoms with Crippen molar-refractivity contribution in [2.75, 3.05) is 0 Å². The van der Waals surface area contributed by atoms with E-state index < -0.39 is 25.2 Å². The van der Waals surface area contributed by atoms with Crippen LogP contribution >= 0.6 is 0 Å². The number of nitrogens with zero attached hydrogens (tertiary/aromatic N) is 1. The van der Waals surface area contributed by atoms with Crippen molar-refractivity contribution in [1.82, 2.24) is 0 Å². The first-order valence-electron chi connectivity index (χ1n) is 6.91. The van der Waals surface area contributed by atoms with Gasteiger partial charge in [-0.15, -0.1) is 0 Å². The number of carbonyl (C=O) groups excluding carboxylic acids is 1. The van der Waals surface area contributed by atoms with E-state index >= 15 is 0 Å². The summed E-state index contributed by atoms with van der Waals surface area (Å²) in [6, 6.07) is 7.27. The molecule has 0 amide bonds. The Morgan fingerprint density at radius 2 is 1.95 bits per heavy atom. The summed E-state index contributed by atoms with van der Waals surface area (Å²) in [4.78, 5) is 20.6. The van der Waals surface area contributed by atoms with E-state index in [1.54, 1.807) is 6.21 Å². The molecule has 5 heteroatoms. The van der Waals surface area contributed by atoms with Gasteiger partial charge in [0, 0.05) is 0 Å². The van der Waals surface area contributed by atoms with Gasteiger partial charge in [-0.2, -0.15) is 0 Å². The molecular weight excluding hydrogens is 361 g/mol. The molecule has 20 heavy (non-hydrogen) atoms. The predicted octanol–water partition coefficient (Wildman–Crippen LogP) is 3.16. The Morgan fingerprint density at radius 3 is 2.65 bits per heavy atom. The summed E-state index contributed by atoms with van der Waals surface area (Å²) in [5.74, 6) is 0.901. The molecule has 0 saturated heterocycles. The molecule has 1 aliphatic heterocycles. The molecule has 2 rings (SSSR count). The maximum absolute atomic E-state index is 12.3. The molecule has 0 bridgehead atoms. The Kier molecular flexibility index (Phi) is 4.73. The SMILES string of the molecule is CC(C)CC1N=Cc2ccccc2[O][Sn]([CH3])([CH3])[O]C1=O. The summed E-state index contributed by atoms with van der Waals surface area (Å²) in [5.41, 5.74) is 0.907. The number of para-hydroxylation sites is 1. The third-order valence-corrected chi connectivity index (χ3v) is 6.99. The second kappa shape index (κ2) is 6.16. The van der Waals surface area contributed by atoms with Crippen LogP contribution in [-0.4, -0.2) is 37.4 Å². The Hall–Kier alpha value is -1.04. The number of hydrogen-bond donors (Lipinski definition) is 0. The van der Waals surface area contributed by atoms with Gasteiger partial charge in [0.1, 0.15) is 0 Å². The fourth-order valence-corrected chi connectivity index (χ4v) is 6.04. The van der Waals surface area contributed by atoms with Crippen molar-refractivity contribution in [2.45, 2.75) is 36.2 Å². The van der Waals surface area contributed by atoms with Crippen LogP contribution in [0.4, 0.5) is 0 Å². The number of rotatable bonds is 2. The van der Waals surface area contributed by atoms with E-state index in [9.17, 15) is 4.79 Å². The molecule has 0 spiro atoms. The van der Waals surface area contributed by atoms with E-state index in [1.165, 1.54) is 0 Å². The van der Waals surface area contributed by atoms with Gasteiger partial charge in [-0.1, -0.05) is 0 Å². The van der Waals surface area contributed by atoms with Crippen LogP contribution in [0.3, 0.4) is 0 Å². The fraction of sp³-hybridized carbons (Fsp3) is 0.467. The molecule has 1 unspecified atom stereocenters. The monoisotopic (exact) mass is 383 g/mol. The Labute approximate surface area is 125 Å². The van der Waals surface area contributed by atoms with Crippen LogP contribution < -0.4 is 3.07 Å². The van der Waals surface area contributed by atoms with Gasteiger partial charge in [0.25, 0.3) is 0 Å². The molecule has 4 nitrogen and oxygen atoms in total. The van der Waals surface area contributed by atoms with Crippen molar-refractivity contribution in [3.63, 3.8) is 0 Å². The van der Waals surface area contributed by atoms with Crippen LogP contribution in [0.2, 0.25) is 9.88 Å². The number of aliphatic imine (C=N–C) groups is 1. The van der Waals surface area contributed by atoms with Crippen LogP contribution in [0.25, 0.3) is 0 Å². The minimum absolute atomic E-state index is 0.247. The van der Waals surface area contributed by atoms with Crippen LogP contribution in [0.1, 0.15) is 25.8 Å². The number of fused-ring (bicyclic) bond motifs is 1. The molecule has 0 saturated carbocycles. The molecule has 1 heterocycles. The second-order valence-electron chi connectivity index (χ2n) is 5.88. The number of carbonyl (C=O) groups is 1. The second-order valence-corrected chi connectivity index (χ2v) is 15.0. The zero-order valence-electron chi connectivity index (χ0n) is 12.4. The predicted molar refractivity (Wildman–Crippen MR) is 81.5 cm³/mol. The van der Waals surface area contributed by atoms with Gasteiger partial charge < -0.3 is 0 Å². The molecule has 1 aliphatic rings. The summed E-state index contributed by atoms with van der Waals surface area (Å²) in [6.45, 7) is 4.16. The quantitative estimate of drug-likeness (QED) is 0.739. The van der Waals surface area contributed by atoms with Gasteiger partial charge in [-0.05, 0) is 0 Å². The van der Waals surface area contributed by atoms with Crippen molar-refractivity contribution < 1.29 is 10.9 Å². The van der Waals surface area contributed by atoms with Gasteiger partial charge in [0.2, 0.25) is 0 Å². The Morgan fingerprint density at radius 1 is 1.25 bits per heavy atom. The first kappa shape index (κ1) is 15.3. The fourth-order valence-electron chi connectivity index (χ4n) is 2.11. The standard InChI is InChI=1S/C13H17NO3.2CH3.Sn/c1-9(2)7-11(13(16)17)14-8-10-5-3-4-6-12(10)15;;;/h3-6,8-9,11,15H,7H2,1-2H3,(H,16,17);2*1H3;/q;;;+2/p-2. The van der Waals surface area contributed by atoms with Crippen LogP contribution in [0.15, 0.2) is 29.3 Å². The van der Waals surface area contributed by atoms with E-state index in [4.69, 9.17) is 6.15 Å². The summed E-state index contributed by atoms with van der Waals surface area (Å²) < 4.78 is 11.7. The number of hydrogen-bond acceptors (Lipinski definition) is 4. The van der Waals surface area contributed by atoms with Crippen molar-refractivity contribution in [1.29, 1.82) is 0 Å². The van der Waals surface area contributed by atoms with Crippen molar-refractivity contribution in [2.24, 2.45) is 10.9 Å². The van der Waals surface area contributed by atoms with E-state index in [1.807, 2.05) is 34.1 Å². The molecule has 0 aliphatic carbocycles. The third kappa shape index (κ3) is 3.98. The van der Waals surface area contributed by atoms with Crippen LogP contribution in [-0.2, 0) is 7.87 Å². The molecule has 0 radical (unpaired) electrons. The Balaban J connectivity index is 2.38. The van der Waals surface area contributed by atoms with E-state index in [0.717, 1.165) is 11.3 Å². The zero-order chi connectivity index (χ0) is 14.8. The van der Waals surface area contributed by atoms with E-state index in [0.29, 0.717) is 12.3 Å². The average Bonchev–Trinajstić information content (AvgIpc) is 2.37. The first-order valence-corrected chi connectivity index (χ1v) is 15.0. The molecule has 1 atom stereocenters. The van der Waals surface area contributed by atoms with Gasteiger partial charge in [0.05, 0.1) is 0 Å².